The Hall–Kier alpha value is -2.48. The molecule has 0 aromatic heterocycles. The fourth-order valence-corrected chi connectivity index (χ4v) is 4.66. The van der Waals surface area contributed by atoms with Crippen molar-refractivity contribution in [2.75, 3.05) is 33.9 Å². The summed E-state index contributed by atoms with van der Waals surface area (Å²) in [6.07, 6.45) is 3.86. The first-order chi connectivity index (χ1) is 15.3. The molecule has 2 heterocycles. The lowest BCUT2D eigenvalue weighted by molar-refractivity contribution is -0.134. The lowest BCUT2D eigenvalue weighted by atomic mass is 9.78. The minimum absolute atomic E-state index is 0.00504. The first kappa shape index (κ1) is 24.2. The molecule has 32 heavy (non-hydrogen) atoms. The molecular formula is C24H37N3O5. The Balaban J connectivity index is 1.49. The predicted molar refractivity (Wildman–Crippen MR) is 122 cm³/mol. The highest BCUT2D eigenvalue weighted by Gasteiger charge is 2.41. The normalized spacial score (nSPS) is 20.2. The SMILES string of the molecule is COc1ccc(OC)c(CNC(=O)CC2CCOC3(CCN(C(=O)NC(C)C)CC3)C2)c1. The lowest BCUT2D eigenvalue weighted by Crippen LogP contribution is -2.53. The Labute approximate surface area is 191 Å². The molecule has 0 radical (unpaired) electrons. The van der Waals surface area contributed by atoms with E-state index in [0.29, 0.717) is 32.7 Å². The van der Waals surface area contributed by atoms with Gasteiger partial charge in [-0.05, 0) is 63.6 Å². The molecule has 1 spiro atoms. The van der Waals surface area contributed by atoms with E-state index in [-0.39, 0.29) is 29.5 Å². The summed E-state index contributed by atoms with van der Waals surface area (Å²) < 4.78 is 16.9. The van der Waals surface area contributed by atoms with Gasteiger partial charge in [0.25, 0.3) is 0 Å². The zero-order valence-corrected chi connectivity index (χ0v) is 19.7. The quantitative estimate of drug-likeness (QED) is 0.671. The molecule has 0 aliphatic carbocycles. The van der Waals surface area contributed by atoms with E-state index in [1.54, 1.807) is 14.2 Å². The van der Waals surface area contributed by atoms with E-state index < -0.39 is 0 Å². The average Bonchev–Trinajstić information content (AvgIpc) is 2.77. The molecule has 0 saturated carbocycles. The minimum atomic E-state index is -0.214. The first-order valence-corrected chi connectivity index (χ1v) is 11.5. The summed E-state index contributed by atoms with van der Waals surface area (Å²) in [5.74, 6) is 1.77. The maximum atomic E-state index is 12.7. The van der Waals surface area contributed by atoms with Crippen LogP contribution in [0.2, 0.25) is 0 Å². The number of nitrogens with one attached hydrogen (secondary N) is 2. The zero-order valence-electron chi connectivity index (χ0n) is 19.7. The van der Waals surface area contributed by atoms with Crippen LogP contribution in [-0.4, -0.2) is 62.4 Å². The van der Waals surface area contributed by atoms with Crippen LogP contribution in [0.1, 0.15) is 51.5 Å². The van der Waals surface area contributed by atoms with Crippen molar-refractivity contribution in [1.29, 1.82) is 0 Å². The summed E-state index contributed by atoms with van der Waals surface area (Å²) in [5, 5.41) is 5.99. The summed E-state index contributed by atoms with van der Waals surface area (Å²) >= 11 is 0. The molecule has 2 fully saturated rings. The number of nitrogens with zero attached hydrogens (tertiary/aromatic N) is 1. The van der Waals surface area contributed by atoms with Crippen LogP contribution in [0.5, 0.6) is 11.5 Å². The number of amides is 3. The fourth-order valence-electron chi connectivity index (χ4n) is 4.66. The molecule has 1 aromatic rings. The van der Waals surface area contributed by atoms with Crippen LogP contribution >= 0.6 is 0 Å². The number of ether oxygens (including phenoxy) is 3. The van der Waals surface area contributed by atoms with Gasteiger partial charge in [0.05, 0.1) is 19.8 Å². The van der Waals surface area contributed by atoms with Gasteiger partial charge in [-0.2, -0.15) is 0 Å². The van der Waals surface area contributed by atoms with Crippen molar-refractivity contribution in [3.63, 3.8) is 0 Å². The van der Waals surface area contributed by atoms with Crippen molar-refractivity contribution in [2.24, 2.45) is 5.92 Å². The molecule has 1 unspecified atom stereocenters. The van der Waals surface area contributed by atoms with E-state index in [1.165, 1.54) is 0 Å². The molecule has 2 aliphatic heterocycles. The molecule has 2 aliphatic rings. The molecule has 3 rings (SSSR count). The first-order valence-electron chi connectivity index (χ1n) is 11.5. The van der Waals surface area contributed by atoms with Gasteiger partial charge in [-0.1, -0.05) is 0 Å². The summed E-state index contributed by atoms with van der Waals surface area (Å²) in [6.45, 7) is 6.37. The van der Waals surface area contributed by atoms with Gasteiger partial charge in [0.2, 0.25) is 5.91 Å². The molecule has 8 heteroatoms. The van der Waals surface area contributed by atoms with Crippen LogP contribution in [0.15, 0.2) is 18.2 Å². The van der Waals surface area contributed by atoms with E-state index >= 15 is 0 Å². The minimum Gasteiger partial charge on any atom is -0.497 e. The van der Waals surface area contributed by atoms with Gasteiger partial charge in [-0.25, -0.2) is 4.79 Å². The topological polar surface area (TPSA) is 89.1 Å². The molecule has 0 bridgehead atoms. The number of hydrogen-bond acceptors (Lipinski definition) is 5. The second kappa shape index (κ2) is 10.9. The van der Waals surface area contributed by atoms with Gasteiger partial charge in [-0.15, -0.1) is 0 Å². The van der Waals surface area contributed by atoms with E-state index in [1.807, 2.05) is 36.9 Å². The number of likely N-dealkylation sites (tertiary alicyclic amines) is 1. The van der Waals surface area contributed by atoms with Crippen LogP contribution in [0, 0.1) is 5.92 Å². The molecule has 178 valence electrons. The largest absolute Gasteiger partial charge is 0.497 e. The van der Waals surface area contributed by atoms with Crippen molar-refractivity contribution >= 4 is 11.9 Å². The van der Waals surface area contributed by atoms with Crippen LogP contribution in [0.25, 0.3) is 0 Å². The van der Waals surface area contributed by atoms with E-state index in [2.05, 4.69) is 10.6 Å². The number of carbonyl (C=O) groups is 2. The Morgan fingerprint density at radius 1 is 1.22 bits per heavy atom. The van der Waals surface area contributed by atoms with Crippen LogP contribution in [-0.2, 0) is 16.1 Å². The average molecular weight is 448 g/mol. The Kier molecular flexibility index (Phi) is 8.23. The van der Waals surface area contributed by atoms with E-state index in [0.717, 1.165) is 42.7 Å². The monoisotopic (exact) mass is 447 g/mol. The Morgan fingerprint density at radius 2 is 1.97 bits per heavy atom. The second-order valence-corrected chi connectivity index (χ2v) is 9.14. The third-order valence-electron chi connectivity index (χ3n) is 6.41. The number of rotatable bonds is 7. The molecule has 8 nitrogen and oxygen atoms in total. The molecule has 1 aromatic carbocycles. The lowest BCUT2D eigenvalue weighted by Gasteiger charge is -2.46. The summed E-state index contributed by atoms with van der Waals surface area (Å²) in [7, 11) is 3.23. The molecule has 1 atom stereocenters. The fraction of sp³-hybridized carbons (Fsp3) is 0.667. The third kappa shape index (κ3) is 6.28. The molecular weight excluding hydrogens is 410 g/mol. The van der Waals surface area contributed by atoms with Crippen LogP contribution in [0.3, 0.4) is 0 Å². The maximum Gasteiger partial charge on any atom is 0.317 e. The maximum absolute atomic E-state index is 12.7. The molecule has 3 amide bonds. The third-order valence-corrected chi connectivity index (χ3v) is 6.41. The number of urea groups is 1. The second-order valence-electron chi connectivity index (χ2n) is 9.14. The highest BCUT2D eigenvalue weighted by atomic mass is 16.5. The van der Waals surface area contributed by atoms with Crippen LogP contribution < -0.4 is 20.1 Å². The Bertz CT molecular complexity index is 790. The summed E-state index contributed by atoms with van der Waals surface area (Å²) in [6, 6.07) is 5.68. The zero-order chi connectivity index (χ0) is 23.1. The number of hydrogen-bond donors (Lipinski definition) is 2. The standard InChI is InChI=1S/C24H37N3O5/c1-17(2)26-23(29)27-10-8-24(9-11-27)15-18(7-12-32-24)13-22(28)25-16-19-14-20(30-3)5-6-21(19)31-4/h5-6,14,17-18H,7-13,15-16H2,1-4H3,(H,25,28)(H,26,29). The number of carbonyl (C=O) groups excluding carboxylic acids is 2. The number of benzene rings is 1. The van der Waals surface area contributed by atoms with Crippen molar-refractivity contribution in [1.82, 2.24) is 15.5 Å². The van der Waals surface area contributed by atoms with Gasteiger partial charge in [0, 0.05) is 44.3 Å². The summed E-state index contributed by atoms with van der Waals surface area (Å²) in [4.78, 5) is 26.8. The van der Waals surface area contributed by atoms with E-state index in [4.69, 9.17) is 14.2 Å². The van der Waals surface area contributed by atoms with Crippen LogP contribution in [0.4, 0.5) is 4.79 Å². The predicted octanol–water partition coefficient (Wildman–Crippen LogP) is 3.09. The van der Waals surface area contributed by atoms with Crippen molar-refractivity contribution in [3.05, 3.63) is 23.8 Å². The van der Waals surface area contributed by atoms with Gasteiger partial charge in [-0.3, -0.25) is 4.79 Å². The van der Waals surface area contributed by atoms with Gasteiger partial charge in [0.15, 0.2) is 0 Å². The highest BCUT2D eigenvalue weighted by molar-refractivity contribution is 5.76. The van der Waals surface area contributed by atoms with Crippen molar-refractivity contribution < 1.29 is 23.8 Å². The van der Waals surface area contributed by atoms with Gasteiger partial charge in [0.1, 0.15) is 11.5 Å². The van der Waals surface area contributed by atoms with Crippen molar-refractivity contribution in [3.8, 4) is 11.5 Å². The van der Waals surface area contributed by atoms with Crippen molar-refractivity contribution in [2.45, 2.75) is 64.1 Å². The number of methoxy groups -OCH3 is 2. The van der Waals surface area contributed by atoms with Gasteiger partial charge >= 0.3 is 6.03 Å². The summed E-state index contributed by atoms with van der Waals surface area (Å²) in [5.41, 5.74) is 0.670. The Morgan fingerprint density at radius 3 is 2.62 bits per heavy atom. The van der Waals surface area contributed by atoms with E-state index in [9.17, 15) is 9.59 Å². The molecule has 2 N–H and O–H groups in total. The highest BCUT2D eigenvalue weighted by Crippen LogP contribution is 2.38. The number of piperidine rings is 1. The molecule has 2 saturated heterocycles. The smallest absolute Gasteiger partial charge is 0.317 e. The van der Waals surface area contributed by atoms with Gasteiger partial charge < -0.3 is 29.7 Å².